The van der Waals surface area contributed by atoms with Gasteiger partial charge in [0.1, 0.15) is 0 Å². The minimum Gasteiger partial charge on any atom is -0.481 e. The van der Waals surface area contributed by atoms with E-state index in [4.69, 9.17) is 10.2 Å². The lowest BCUT2D eigenvalue weighted by Crippen LogP contribution is -2.36. The van der Waals surface area contributed by atoms with Crippen molar-refractivity contribution in [2.45, 2.75) is 12.8 Å². The Labute approximate surface area is 74.9 Å². The van der Waals surface area contributed by atoms with E-state index >= 15 is 0 Å². The Morgan fingerprint density at radius 1 is 1.38 bits per heavy atom. The van der Waals surface area contributed by atoms with E-state index in [0.29, 0.717) is 12.8 Å². The maximum atomic E-state index is 11.0. The molecule has 0 saturated heterocycles. The van der Waals surface area contributed by atoms with Gasteiger partial charge in [-0.1, -0.05) is 12.2 Å². The molecule has 70 valence electrons. The van der Waals surface area contributed by atoms with Crippen LogP contribution in [-0.2, 0) is 9.59 Å². The fraction of sp³-hybridized carbons (Fsp3) is 0.556. The fourth-order valence-electron chi connectivity index (χ4n) is 2.44. The van der Waals surface area contributed by atoms with Crippen molar-refractivity contribution in [1.29, 1.82) is 0 Å². The highest BCUT2D eigenvalue weighted by atomic mass is 16.4. The average molecular weight is 182 g/mol. The first-order chi connectivity index (χ1) is 6.06. The molecule has 0 aromatic rings. The van der Waals surface area contributed by atoms with Crippen LogP contribution >= 0.6 is 0 Å². The van der Waals surface area contributed by atoms with E-state index in [1.54, 1.807) is 6.08 Å². The number of fused-ring (bicyclic) bond motifs is 2. The van der Waals surface area contributed by atoms with Crippen molar-refractivity contribution in [3.05, 3.63) is 12.2 Å². The Balaban J connectivity index is 2.39. The smallest absolute Gasteiger partial charge is 0.314 e. The predicted octanol–water partition coefficient (Wildman–Crippen LogP) is 0.738. The van der Waals surface area contributed by atoms with Crippen LogP contribution < -0.4 is 0 Å². The third-order valence-corrected chi connectivity index (χ3v) is 3.12. The first-order valence-electron chi connectivity index (χ1n) is 4.22. The highest BCUT2D eigenvalue weighted by Gasteiger charge is 2.57. The second kappa shape index (κ2) is 2.34. The molecule has 0 spiro atoms. The van der Waals surface area contributed by atoms with E-state index < -0.39 is 23.3 Å². The molecule has 2 aliphatic carbocycles. The number of rotatable bonds is 2. The second-order valence-electron chi connectivity index (χ2n) is 3.80. The molecule has 3 atom stereocenters. The molecule has 1 saturated carbocycles. The van der Waals surface area contributed by atoms with Crippen LogP contribution in [0.25, 0.3) is 0 Å². The van der Waals surface area contributed by atoms with Gasteiger partial charge in [-0.05, 0) is 18.8 Å². The molecule has 1 fully saturated rings. The van der Waals surface area contributed by atoms with Crippen LogP contribution in [0, 0.1) is 17.3 Å². The van der Waals surface area contributed by atoms with Crippen molar-refractivity contribution in [1.82, 2.24) is 0 Å². The predicted molar refractivity (Wildman–Crippen MR) is 43.1 cm³/mol. The van der Waals surface area contributed by atoms with Gasteiger partial charge in [-0.3, -0.25) is 9.59 Å². The molecule has 2 N–H and O–H groups in total. The summed E-state index contributed by atoms with van der Waals surface area (Å²) in [6.45, 7) is 0. The van der Waals surface area contributed by atoms with Crippen molar-refractivity contribution in [2.75, 3.05) is 0 Å². The number of hydrogen-bond donors (Lipinski definition) is 2. The van der Waals surface area contributed by atoms with Crippen LogP contribution in [0.15, 0.2) is 12.2 Å². The molecule has 4 heteroatoms. The van der Waals surface area contributed by atoms with Crippen LogP contribution in [-0.4, -0.2) is 22.2 Å². The van der Waals surface area contributed by atoms with Crippen molar-refractivity contribution < 1.29 is 19.8 Å². The largest absolute Gasteiger partial charge is 0.481 e. The second-order valence-corrected chi connectivity index (χ2v) is 3.80. The fourth-order valence-corrected chi connectivity index (χ4v) is 2.44. The first-order valence-corrected chi connectivity index (χ1v) is 4.22. The number of hydrogen-bond acceptors (Lipinski definition) is 2. The molecule has 0 heterocycles. The molecular formula is C9H10O4. The zero-order chi connectivity index (χ0) is 9.64. The quantitative estimate of drug-likeness (QED) is 0.617. The number of carbonyl (C=O) groups is 2. The van der Waals surface area contributed by atoms with Gasteiger partial charge >= 0.3 is 11.9 Å². The maximum absolute atomic E-state index is 11.0. The summed E-state index contributed by atoms with van der Waals surface area (Å²) in [5, 5.41) is 17.8. The van der Waals surface area contributed by atoms with E-state index in [1.807, 2.05) is 6.08 Å². The number of aliphatic carboxylic acids is 2. The van der Waals surface area contributed by atoms with E-state index in [1.165, 1.54) is 0 Å². The van der Waals surface area contributed by atoms with Crippen LogP contribution in [0.4, 0.5) is 0 Å². The molecule has 0 radical (unpaired) electrons. The highest BCUT2D eigenvalue weighted by molar-refractivity contribution is 5.87. The summed E-state index contributed by atoms with van der Waals surface area (Å²) in [5.74, 6) is -2.58. The summed E-state index contributed by atoms with van der Waals surface area (Å²) in [6, 6.07) is 0. The standard InChI is InChI=1S/C9H10O4/c10-7(11)6-3-5-1-2-9(6,4-5)8(12)13/h1-2,5-6H,3-4H2,(H,10,11)(H,12,13)/t5-,6-,9-/m0/s1. The summed E-state index contributed by atoms with van der Waals surface area (Å²) in [7, 11) is 0. The summed E-state index contributed by atoms with van der Waals surface area (Å²) < 4.78 is 0. The summed E-state index contributed by atoms with van der Waals surface area (Å²) in [5.41, 5.74) is -1.11. The monoisotopic (exact) mass is 182 g/mol. The lowest BCUT2D eigenvalue weighted by molar-refractivity contribution is -0.157. The van der Waals surface area contributed by atoms with E-state index in [2.05, 4.69) is 0 Å². The SMILES string of the molecule is O=C(O)[C@@H]1C[C@@H]2C=C[C@]1(C(=O)O)C2. The lowest BCUT2D eigenvalue weighted by Gasteiger charge is -2.24. The molecule has 0 aromatic carbocycles. The Hall–Kier alpha value is -1.32. The van der Waals surface area contributed by atoms with Crippen molar-refractivity contribution in [3.8, 4) is 0 Å². The van der Waals surface area contributed by atoms with Gasteiger partial charge in [-0.2, -0.15) is 0 Å². The van der Waals surface area contributed by atoms with Crippen LogP contribution in [0.2, 0.25) is 0 Å². The molecule has 0 aliphatic heterocycles. The van der Waals surface area contributed by atoms with Crippen molar-refractivity contribution in [2.24, 2.45) is 17.3 Å². The highest BCUT2D eigenvalue weighted by Crippen LogP contribution is 2.53. The van der Waals surface area contributed by atoms with Crippen LogP contribution in [0.1, 0.15) is 12.8 Å². The summed E-state index contributed by atoms with van der Waals surface area (Å²) >= 11 is 0. The van der Waals surface area contributed by atoms with Gasteiger partial charge in [0.05, 0.1) is 11.3 Å². The Kier molecular flexibility index (Phi) is 1.49. The molecular weight excluding hydrogens is 172 g/mol. The van der Waals surface area contributed by atoms with Crippen LogP contribution in [0.5, 0.6) is 0 Å². The van der Waals surface area contributed by atoms with Gasteiger partial charge in [-0.25, -0.2) is 0 Å². The number of carboxylic acid groups (broad SMARTS) is 2. The summed E-state index contributed by atoms with van der Waals surface area (Å²) in [6.07, 6.45) is 4.31. The molecule has 13 heavy (non-hydrogen) atoms. The third kappa shape index (κ3) is 0.913. The van der Waals surface area contributed by atoms with Gasteiger partial charge in [-0.15, -0.1) is 0 Å². The molecule has 2 bridgehead atoms. The average Bonchev–Trinajstić information content (AvgIpc) is 2.60. The number of carboxylic acids is 2. The van der Waals surface area contributed by atoms with Crippen LogP contribution in [0.3, 0.4) is 0 Å². The molecule has 0 amide bonds. The van der Waals surface area contributed by atoms with Crippen molar-refractivity contribution in [3.63, 3.8) is 0 Å². The Bertz CT molecular complexity index is 307. The topological polar surface area (TPSA) is 74.6 Å². The molecule has 4 nitrogen and oxygen atoms in total. The van der Waals surface area contributed by atoms with E-state index in [0.717, 1.165) is 0 Å². The Morgan fingerprint density at radius 3 is 2.46 bits per heavy atom. The Morgan fingerprint density at radius 2 is 2.08 bits per heavy atom. The molecule has 2 rings (SSSR count). The van der Waals surface area contributed by atoms with Gasteiger partial charge < -0.3 is 10.2 Å². The normalized spacial score (nSPS) is 40.9. The minimum atomic E-state index is -1.11. The molecule has 2 aliphatic rings. The number of allylic oxidation sites excluding steroid dienone is 1. The van der Waals surface area contributed by atoms with Gasteiger partial charge in [0.25, 0.3) is 0 Å². The zero-order valence-electron chi connectivity index (χ0n) is 6.93. The van der Waals surface area contributed by atoms with Crippen molar-refractivity contribution >= 4 is 11.9 Å². The lowest BCUT2D eigenvalue weighted by atomic mass is 9.78. The molecule has 0 aromatic heterocycles. The summed E-state index contributed by atoms with van der Waals surface area (Å²) in [4.78, 5) is 21.8. The van der Waals surface area contributed by atoms with Gasteiger partial charge in [0.15, 0.2) is 0 Å². The first kappa shape index (κ1) is 8.29. The van der Waals surface area contributed by atoms with E-state index in [-0.39, 0.29) is 5.92 Å². The maximum Gasteiger partial charge on any atom is 0.314 e. The minimum absolute atomic E-state index is 0.150. The third-order valence-electron chi connectivity index (χ3n) is 3.12. The van der Waals surface area contributed by atoms with Gasteiger partial charge in [0, 0.05) is 0 Å². The van der Waals surface area contributed by atoms with E-state index in [9.17, 15) is 9.59 Å². The zero-order valence-corrected chi connectivity index (χ0v) is 6.93. The molecule has 0 unspecified atom stereocenters. The van der Waals surface area contributed by atoms with Gasteiger partial charge in [0.2, 0.25) is 0 Å².